The smallest absolute Gasteiger partial charge is 0.262 e. The molecule has 3 aromatic carbocycles. The molecule has 0 aliphatic rings. The van der Waals surface area contributed by atoms with Crippen LogP contribution in [0.5, 0.6) is 0 Å². The number of hydrogen-bond acceptors (Lipinski definition) is 8. The first-order valence-electron chi connectivity index (χ1n) is 12.2. The molecule has 0 spiro atoms. The van der Waals surface area contributed by atoms with Gasteiger partial charge < -0.3 is 5.32 Å². The predicted molar refractivity (Wildman–Crippen MR) is 148 cm³/mol. The van der Waals surface area contributed by atoms with E-state index in [0.29, 0.717) is 27.9 Å². The molecular formula is C28H17F3N8O2S. The molecule has 14 heteroatoms. The van der Waals surface area contributed by atoms with Gasteiger partial charge in [-0.05, 0) is 55.5 Å². The normalized spacial score (nSPS) is 11.5. The molecule has 0 amide bonds. The summed E-state index contributed by atoms with van der Waals surface area (Å²) < 4.78 is 74.0. The largest absolute Gasteiger partial charge is 0.333 e. The Balaban J connectivity index is 1.40. The lowest BCUT2D eigenvalue weighted by molar-refractivity contribution is 0.585. The fourth-order valence-corrected chi connectivity index (χ4v) is 5.73. The Labute approximate surface area is 236 Å². The molecule has 0 radical (unpaired) electrons. The number of aromatic nitrogens is 5. The second-order valence-corrected chi connectivity index (χ2v) is 10.7. The van der Waals surface area contributed by atoms with Gasteiger partial charge in [0, 0.05) is 5.56 Å². The van der Waals surface area contributed by atoms with E-state index in [-0.39, 0.29) is 16.9 Å². The van der Waals surface area contributed by atoms with Crippen LogP contribution in [0.25, 0.3) is 27.9 Å². The molecule has 0 unspecified atom stereocenters. The van der Waals surface area contributed by atoms with Crippen LogP contribution in [-0.2, 0) is 10.0 Å². The third-order valence-electron chi connectivity index (χ3n) is 6.50. The van der Waals surface area contributed by atoms with E-state index in [1.807, 2.05) is 0 Å². The van der Waals surface area contributed by atoms with Gasteiger partial charge in [-0.25, -0.2) is 41.5 Å². The van der Waals surface area contributed by atoms with Gasteiger partial charge in [0.25, 0.3) is 10.0 Å². The number of hydrogen-bond donors (Lipinski definition) is 2. The summed E-state index contributed by atoms with van der Waals surface area (Å²) in [6.07, 6.45) is 2.67. The summed E-state index contributed by atoms with van der Waals surface area (Å²) in [5.74, 6) is -2.75. The molecule has 2 N–H and O–H groups in total. The van der Waals surface area contributed by atoms with E-state index in [2.05, 4.69) is 36.0 Å². The summed E-state index contributed by atoms with van der Waals surface area (Å²) in [6.45, 7) is 1.27. The van der Waals surface area contributed by atoms with Gasteiger partial charge in [0.2, 0.25) is 0 Å². The lowest BCUT2D eigenvalue weighted by Crippen LogP contribution is -2.16. The lowest BCUT2D eigenvalue weighted by atomic mass is 10.2. The molecule has 0 atom stereocenters. The molecule has 6 rings (SSSR count). The van der Waals surface area contributed by atoms with Gasteiger partial charge in [0.05, 0.1) is 27.2 Å². The van der Waals surface area contributed by atoms with E-state index in [0.717, 1.165) is 18.2 Å². The maximum absolute atomic E-state index is 15.6. The predicted octanol–water partition coefficient (Wildman–Crippen LogP) is 5.51. The van der Waals surface area contributed by atoms with Crippen molar-refractivity contribution in [1.29, 1.82) is 5.26 Å². The summed E-state index contributed by atoms with van der Waals surface area (Å²) >= 11 is 0. The van der Waals surface area contributed by atoms with Crippen molar-refractivity contribution < 1.29 is 21.6 Å². The molecule has 0 fully saturated rings. The quantitative estimate of drug-likeness (QED) is 0.261. The molecule has 208 valence electrons. The van der Waals surface area contributed by atoms with Gasteiger partial charge in [-0.2, -0.15) is 5.26 Å². The Bertz CT molecular complexity index is 2200. The summed E-state index contributed by atoms with van der Waals surface area (Å²) in [4.78, 5) is 16.8. The van der Waals surface area contributed by atoms with Crippen molar-refractivity contribution >= 4 is 49.3 Å². The van der Waals surface area contributed by atoms with Gasteiger partial charge in [-0.3, -0.25) is 9.29 Å². The second-order valence-electron chi connectivity index (χ2n) is 9.04. The third kappa shape index (κ3) is 4.51. The van der Waals surface area contributed by atoms with E-state index in [1.54, 1.807) is 34.9 Å². The number of anilines is 3. The monoisotopic (exact) mass is 586 g/mol. The number of rotatable bonds is 6. The standard InChI is InChI=1S/C28H17F3N8O2S/c1-15-17(29)5-3-7-22(15)42(40,41)38-19-9-8-18(30)26(24(19)31)37-28-27-20(33-13-34-28)10-11-23(36-27)39-14-35-25-16(12-32)4-2-6-21(25)39/h2-11,13-14,38H,1H3,(H,33,34,37). The molecule has 6 aromatic rings. The number of benzene rings is 3. The van der Waals surface area contributed by atoms with Crippen LogP contribution in [0, 0.1) is 35.7 Å². The molecule has 0 aliphatic carbocycles. The second kappa shape index (κ2) is 10.1. The number of nitriles is 1. The highest BCUT2D eigenvalue weighted by Gasteiger charge is 2.23. The van der Waals surface area contributed by atoms with Crippen molar-refractivity contribution in [1.82, 2.24) is 24.5 Å². The maximum Gasteiger partial charge on any atom is 0.262 e. The maximum atomic E-state index is 15.6. The van der Waals surface area contributed by atoms with Crippen molar-refractivity contribution in [3.63, 3.8) is 0 Å². The zero-order valence-electron chi connectivity index (χ0n) is 21.5. The van der Waals surface area contributed by atoms with Crippen LogP contribution in [0.4, 0.5) is 30.4 Å². The Morgan fingerprint density at radius 2 is 1.71 bits per heavy atom. The molecule has 0 aliphatic heterocycles. The molecule has 0 saturated carbocycles. The molecule has 42 heavy (non-hydrogen) atoms. The zero-order valence-corrected chi connectivity index (χ0v) is 22.3. The minimum atomic E-state index is -4.43. The summed E-state index contributed by atoms with van der Waals surface area (Å²) in [5, 5.41) is 12.0. The van der Waals surface area contributed by atoms with Crippen LogP contribution in [0.2, 0.25) is 0 Å². The molecule has 0 saturated heterocycles. The van der Waals surface area contributed by atoms with E-state index in [9.17, 15) is 22.5 Å². The Morgan fingerprint density at radius 1 is 0.905 bits per heavy atom. The fourth-order valence-electron chi connectivity index (χ4n) is 4.41. The average Bonchev–Trinajstić information content (AvgIpc) is 3.42. The summed E-state index contributed by atoms with van der Waals surface area (Å²) in [6, 6.07) is 15.7. The van der Waals surface area contributed by atoms with Crippen molar-refractivity contribution in [3.05, 3.63) is 102 Å². The van der Waals surface area contributed by atoms with Gasteiger partial charge in [-0.15, -0.1) is 0 Å². The van der Waals surface area contributed by atoms with Crippen molar-refractivity contribution in [2.45, 2.75) is 11.8 Å². The Kier molecular flexibility index (Phi) is 6.43. The van der Waals surface area contributed by atoms with Gasteiger partial charge in [0.1, 0.15) is 52.9 Å². The van der Waals surface area contributed by atoms with Crippen LogP contribution < -0.4 is 10.0 Å². The van der Waals surface area contributed by atoms with E-state index in [4.69, 9.17) is 0 Å². The highest BCUT2D eigenvalue weighted by Crippen LogP contribution is 2.32. The van der Waals surface area contributed by atoms with Crippen molar-refractivity contribution in [2.24, 2.45) is 0 Å². The molecule has 3 heterocycles. The van der Waals surface area contributed by atoms with Crippen LogP contribution in [0.3, 0.4) is 0 Å². The van der Waals surface area contributed by atoms with Crippen molar-refractivity contribution in [3.8, 4) is 11.9 Å². The molecular weight excluding hydrogens is 569 g/mol. The van der Waals surface area contributed by atoms with Crippen LogP contribution in [0.1, 0.15) is 11.1 Å². The third-order valence-corrected chi connectivity index (χ3v) is 8.01. The number of para-hydroxylation sites is 1. The number of imidazole rings is 1. The lowest BCUT2D eigenvalue weighted by Gasteiger charge is -2.15. The van der Waals surface area contributed by atoms with Gasteiger partial charge >= 0.3 is 0 Å². The number of nitrogens with one attached hydrogen (secondary N) is 2. The first-order chi connectivity index (χ1) is 20.2. The van der Waals surface area contributed by atoms with Crippen molar-refractivity contribution in [2.75, 3.05) is 10.0 Å². The van der Waals surface area contributed by atoms with E-state index >= 15 is 4.39 Å². The van der Waals surface area contributed by atoms with Gasteiger partial charge in [0.15, 0.2) is 11.6 Å². The van der Waals surface area contributed by atoms with Crippen LogP contribution >= 0.6 is 0 Å². The van der Waals surface area contributed by atoms with E-state index in [1.165, 1.54) is 31.7 Å². The average molecular weight is 587 g/mol. The zero-order chi connectivity index (χ0) is 29.6. The molecule has 3 aromatic heterocycles. The number of pyridine rings is 1. The van der Waals surface area contributed by atoms with E-state index < -0.39 is 43.7 Å². The number of sulfonamides is 1. The number of halogens is 3. The minimum absolute atomic E-state index is 0.0669. The number of nitrogens with zero attached hydrogens (tertiary/aromatic N) is 6. The Hall–Kier alpha value is -5.55. The van der Waals surface area contributed by atoms with Gasteiger partial charge in [-0.1, -0.05) is 12.1 Å². The first-order valence-corrected chi connectivity index (χ1v) is 13.7. The first kappa shape index (κ1) is 26.7. The Morgan fingerprint density at radius 3 is 2.52 bits per heavy atom. The molecule has 10 nitrogen and oxygen atoms in total. The van der Waals surface area contributed by atoms with Crippen LogP contribution in [0.15, 0.2) is 78.2 Å². The summed E-state index contributed by atoms with van der Waals surface area (Å²) in [7, 11) is -4.43. The van der Waals surface area contributed by atoms with Crippen LogP contribution in [-0.4, -0.2) is 32.9 Å². The highest BCUT2D eigenvalue weighted by molar-refractivity contribution is 7.92. The number of fused-ring (bicyclic) bond motifs is 2. The topological polar surface area (TPSA) is 138 Å². The SMILES string of the molecule is Cc1c(F)cccc1S(=O)(=O)Nc1ccc(F)c(Nc2ncnc3ccc(-n4cnc5c(C#N)cccc54)nc23)c1F. The summed E-state index contributed by atoms with van der Waals surface area (Å²) in [5.41, 5.74) is 0.518. The minimum Gasteiger partial charge on any atom is -0.333 e. The molecule has 0 bridgehead atoms. The fraction of sp³-hybridized carbons (Fsp3) is 0.0357. The highest BCUT2D eigenvalue weighted by atomic mass is 32.2.